The number of thiophene rings is 1. The van der Waals surface area contributed by atoms with Crippen LogP contribution in [-0.2, 0) is 12.8 Å². The molecule has 0 aromatic carbocycles. The van der Waals surface area contributed by atoms with Crippen LogP contribution in [0.25, 0.3) is 0 Å². The maximum absolute atomic E-state index is 4.14. The van der Waals surface area contributed by atoms with E-state index in [1.807, 2.05) is 23.9 Å². The van der Waals surface area contributed by atoms with E-state index in [4.69, 9.17) is 0 Å². The maximum atomic E-state index is 4.14. The molecular formula is C13H18N2S. The quantitative estimate of drug-likeness (QED) is 0.782. The highest BCUT2D eigenvalue weighted by Crippen LogP contribution is 2.32. The van der Waals surface area contributed by atoms with Crippen LogP contribution in [0, 0.1) is 0 Å². The number of hydrogen-bond donors (Lipinski definition) is 0. The molecule has 1 aliphatic rings. The average Bonchev–Trinajstić information content (AvgIpc) is 2.72. The maximum Gasteiger partial charge on any atom is 0.0909 e. The minimum absolute atomic E-state index is 0.365. The molecule has 1 atom stereocenters. The highest BCUT2D eigenvalue weighted by molar-refractivity contribution is 7.12. The zero-order valence-electron chi connectivity index (χ0n) is 10.1. The van der Waals surface area contributed by atoms with Gasteiger partial charge in [0.05, 0.1) is 12.4 Å². The van der Waals surface area contributed by atoms with Gasteiger partial charge in [-0.2, -0.15) is 0 Å². The fraction of sp³-hybridized carbons (Fsp3) is 0.462. The van der Waals surface area contributed by atoms with Crippen molar-refractivity contribution in [2.45, 2.75) is 32.7 Å². The summed E-state index contributed by atoms with van der Waals surface area (Å²) in [6.45, 7) is 4.45. The summed E-state index contributed by atoms with van der Waals surface area (Å²) in [4.78, 5) is 9.30. The summed E-state index contributed by atoms with van der Waals surface area (Å²) in [6, 6.07) is 2.72. The molecule has 1 aromatic rings. The second kappa shape index (κ2) is 4.83. The first-order valence-corrected chi connectivity index (χ1v) is 6.61. The summed E-state index contributed by atoms with van der Waals surface area (Å²) in [7, 11) is 2.08. The predicted molar refractivity (Wildman–Crippen MR) is 71.2 cm³/mol. The number of hydrogen-bond acceptors (Lipinski definition) is 3. The largest absolute Gasteiger partial charge is 0.355 e. The number of aryl methyl sites for hydroxylation is 2. The Kier molecular flexibility index (Phi) is 3.44. The number of likely N-dealkylation sites (N-methyl/N-ethyl adjacent to an activating group) is 1. The summed E-state index contributed by atoms with van der Waals surface area (Å²) in [6.07, 6.45) is 8.21. The van der Waals surface area contributed by atoms with Gasteiger partial charge in [0.2, 0.25) is 0 Å². The molecule has 0 N–H and O–H groups in total. The molecule has 0 fully saturated rings. The Balaban J connectivity index is 2.35. The molecule has 0 saturated carbocycles. The Hall–Kier alpha value is -1.09. The van der Waals surface area contributed by atoms with Crippen molar-refractivity contribution < 1.29 is 0 Å². The van der Waals surface area contributed by atoms with Crippen LogP contribution in [-0.4, -0.2) is 18.3 Å². The Labute approximate surface area is 101 Å². The van der Waals surface area contributed by atoms with E-state index in [2.05, 4.69) is 42.9 Å². The number of nitrogens with zero attached hydrogens (tertiary/aromatic N) is 2. The first kappa shape index (κ1) is 11.4. The summed E-state index contributed by atoms with van der Waals surface area (Å²) < 4.78 is 0. The van der Waals surface area contributed by atoms with E-state index in [0.717, 1.165) is 12.8 Å². The SMILES string of the molecule is CCc1cc(C2C=CN=CN2C)c(CC)s1. The van der Waals surface area contributed by atoms with Crippen molar-refractivity contribution in [3.8, 4) is 0 Å². The Morgan fingerprint density at radius 3 is 2.81 bits per heavy atom. The molecule has 2 rings (SSSR count). The van der Waals surface area contributed by atoms with Gasteiger partial charge in [-0.15, -0.1) is 11.3 Å². The lowest BCUT2D eigenvalue weighted by atomic mass is 10.0. The third-order valence-electron chi connectivity index (χ3n) is 2.92. The molecule has 0 aliphatic carbocycles. The van der Waals surface area contributed by atoms with Crippen molar-refractivity contribution in [3.63, 3.8) is 0 Å². The van der Waals surface area contributed by atoms with E-state index in [1.54, 1.807) is 0 Å². The summed E-state index contributed by atoms with van der Waals surface area (Å²) in [5, 5.41) is 0. The zero-order valence-corrected chi connectivity index (χ0v) is 10.9. The van der Waals surface area contributed by atoms with Gasteiger partial charge < -0.3 is 4.90 Å². The summed E-state index contributed by atoms with van der Waals surface area (Å²) >= 11 is 1.95. The van der Waals surface area contributed by atoms with Gasteiger partial charge in [0, 0.05) is 23.0 Å². The lowest BCUT2D eigenvalue weighted by molar-refractivity contribution is 0.444. The minimum atomic E-state index is 0.365. The van der Waals surface area contributed by atoms with Crippen molar-refractivity contribution in [1.82, 2.24) is 4.90 Å². The number of rotatable bonds is 3. The average molecular weight is 234 g/mol. The van der Waals surface area contributed by atoms with Crippen LogP contribution in [0.15, 0.2) is 23.3 Å². The van der Waals surface area contributed by atoms with Gasteiger partial charge in [-0.25, -0.2) is 4.99 Å². The molecule has 1 aliphatic heterocycles. The van der Waals surface area contributed by atoms with E-state index < -0.39 is 0 Å². The van der Waals surface area contributed by atoms with Gasteiger partial charge in [-0.3, -0.25) is 0 Å². The van der Waals surface area contributed by atoms with E-state index in [1.165, 1.54) is 15.3 Å². The first-order chi connectivity index (χ1) is 7.76. The Morgan fingerprint density at radius 2 is 2.19 bits per heavy atom. The van der Waals surface area contributed by atoms with E-state index in [-0.39, 0.29) is 0 Å². The molecule has 0 bridgehead atoms. The second-order valence-corrected chi connectivity index (χ2v) is 5.24. The van der Waals surface area contributed by atoms with E-state index >= 15 is 0 Å². The lowest BCUT2D eigenvalue weighted by Crippen LogP contribution is -2.23. The predicted octanol–water partition coefficient (Wildman–Crippen LogP) is 3.40. The molecule has 86 valence electrons. The minimum Gasteiger partial charge on any atom is -0.355 e. The van der Waals surface area contributed by atoms with Gasteiger partial charge in [0.25, 0.3) is 0 Å². The third-order valence-corrected chi connectivity index (χ3v) is 4.36. The van der Waals surface area contributed by atoms with Crippen molar-refractivity contribution in [2.75, 3.05) is 7.05 Å². The van der Waals surface area contributed by atoms with Gasteiger partial charge in [-0.05, 0) is 30.5 Å². The molecule has 3 heteroatoms. The molecule has 0 amide bonds. The van der Waals surface area contributed by atoms with Gasteiger partial charge in [-0.1, -0.05) is 13.8 Å². The van der Waals surface area contributed by atoms with Crippen molar-refractivity contribution in [2.24, 2.45) is 4.99 Å². The first-order valence-electron chi connectivity index (χ1n) is 5.79. The third kappa shape index (κ3) is 2.05. The fourth-order valence-electron chi connectivity index (χ4n) is 2.01. The van der Waals surface area contributed by atoms with Crippen molar-refractivity contribution in [3.05, 3.63) is 33.7 Å². The van der Waals surface area contributed by atoms with Crippen LogP contribution in [0.3, 0.4) is 0 Å². The number of aliphatic imine (C=N–C) groups is 1. The van der Waals surface area contributed by atoms with Crippen LogP contribution >= 0.6 is 11.3 Å². The summed E-state index contributed by atoms with van der Waals surface area (Å²) in [5.41, 5.74) is 1.45. The monoisotopic (exact) mass is 234 g/mol. The normalized spacial score (nSPS) is 19.4. The molecule has 2 heterocycles. The Bertz CT molecular complexity index is 418. The Morgan fingerprint density at radius 1 is 1.38 bits per heavy atom. The summed E-state index contributed by atoms with van der Waals surface area (Å²) in [5.74, 6) is 0. The van der Waals surface area contributed by atoms with Crippen molar-refractivity contribution >= 4 is 17.7 Å². The van der Waals surface area contributed by atoms with E-state index in [0.29, 0.717) is 6.04 Å². The molecular weight excluding hydrogens is 216 g/mol. The van der Waals surface area contributed by atoms with Crippen LogP contribution in [0.4, 0.5) is 0 Å². The lowest BCUT2D eigenvalue weighted by Gasteiger charge is -2.25. The highest BCUT2D eigenvalue weighted by Gasteiger charge is 2.19. The molecule has 2 nitrogen and oxygen atoms in total. The van der Waals surface area contributed by atoms with Gasteiger partial charge >= 0.3 is 0 Å². The van der Waals surface area contributed by atoms with Crippen LogP contribution < -0.4 is 0 Å². The van der Waals surface area contributed by atoms with E-state index in [9.17, 15) is 0 Å². The smallest absolute Gasteiger partial charge is 0.0909 e. The second-order valence-electron chi connectivity index (χ2n) is 4.01. The molecule has 1 aromatic heterocycles. The topological polar surface area (TPSA) is 15.6 Å². The van der Waals surface area contributed by atoms with Crippen LogP contribution in [0.2, 0.25) is 0 Å². The standard InChI is InChI=1S/C13H18N2S/c1-4-10-8-11(13(5-2)16-10)12-6-7-14-9-15(12)3/h6-9,12H,4-5H2,1-3H3. The molecule has 0 spiro atoms. The zero-order chi connectivity index (χ0) is 11.5. The van der Waals surface area contributed by atoms with Gasteiger partial charge in [0.1, 0.15) is 0 Å². The molecule has 0 saturated heterocycles. The fourth-order valence-corrected chi connectivity index (χ4v) is 3.10. The van der Waals surface area contributed by atoms with Crippen molar-refractivity contribution in [1.29, 1.82) is 0 Å². The highest BCUT2D eigenvalue weighted by atomic mass is 32.1. The van der Waals surface area contributed by atoms with Gasteiger partial charge in [0.15, 0.2) is 0 Å². The van der Waals surface area contributed by atoms with Crippen LogP contribution in [0.1, 0.15) is 35.2 Å². The molecule has 1 unspecified atom stereocenters. The molecule has 16 heavy (non-hydrogen) atoms. The molecule has 0 radical (unpaired) electrons. The van der Waals surface area contributed by atoms with Crippen LogP contribution in [0.5, 0.6) is 0 Å².